The third kappa shape index (κ3) is 1.74. The molecule has 0 spiro atoms. The molecular formula is C17H21ClN2. The molecule has 2 nitrogen and oxygen atoms in total. The molecule has 0 bridgehead atoms. The lowest BCUT2D eigenvalue weighted by Gasteiger charge is -2.39. The Morgan fingerprint density at radius 3 is 3.05 bits per heavy atom. The van der Waals surface area contributed by atoms with Crippen LogP contribution in [0.2, 0.25) is 5.02 Å². The smallest absolute Gasteiger partial charge is 0.0504 e. The number of aromatic nitrogens is 1. The average Bonchev–Trinajstić information content (AvgIpc) is 2.77. The molecule has 1 aliphatic carbocycles. The molecule has 1 aromatic heterocycles. The maximum atomic E-state index is 6.22. The SMILES string of the molecule is CCCN1CCn2c3c(c4ccc(Cl)cc42)CCCC31. The van der Waals surface area contributed by atoms with E-state index in [0.29, 0.717) is 6.04 Å². The van der Waals surface area contributed by atoms with Crippen LogP contribution in [0.4, 0.5) is 0 Å². The Balaban J connectivity index is 1.93. The van der Waals surface area contributed by atoms with Gasteiger partial charge in [0.2, 0.25) is 0 Å². The summed E-state index contributed by atoms with van der Waals surface area (Å²) in [4.78, 5) is 2.69. The number of fused-ring (bicyclic) bond motifs is 3. The summed E-state index contributed by atoms with van der Waals surface area (Å²) in [7, 11) is 0. The van der Waals surface area contributed by atoms with Gasteiger partial charge in [-0.1, -0.05) is 24.6 Å². The van der Waals surface area contributed by atoms with Gasteiger partial charge >= 0.3 is 0 Å². The highest BCUT2D eigenvalue weighted by molar-refractivity contribution is 6.31. The van der Waals surface area contributed by atoms with Crippen LogP contribution in [0.15, 0.2) is 18.2 Å². The molecule has 20 heavy (non-hydrogen) atoms. The Morgan fingerprint density at radius 1 is 1.30 bits per heavy atom. The molecule has 2 aliphatic rings. The predicted molar refractivity (Wildman–Crippen MR) is 84.5 cm³/mol. The normalized spacial score (nSPS) is 22.2. The minimum Gasteiger partial charge on any atom is -0.341 e. The maximum Gasteiger partial charge on any atom is 0.0504 e. The van der Waals surface area contributed by atoms with Gasteiger partial charge in [-0.25, -0.2) is 0 Å². The van der Waals surface area contributed by atoms with E-state index in [1.54, 1.807) is 11.3 Å². The Bertz CT molecular complexity index is 659. The van der Waals surface area contributed by atoms with Gasteiger partial charge in [0.05, 0.1) is 11.6 Å². The zero-order valence-corrected chi connectivity index (χ0v) is 12.8. The summed E-state index contributed by atoms with van der Waals surface area (Å²) in [5.41, 5.74) is 4.53. The second kappa shape index (κ2) is 4.78. The average molecular weight is 289 g/mol. The Hall–Kier alpha value is -0.990. The number of hydrogen-bond donors (Lipinski definition) is 0. The number of hydrogen-bond acceptors (Lipinski definition) is 1. The first-order chi connectivity index (χ1) is 9.79. The van der Waals surface area contributed by atoms with E-state index in [1.807, 2.05) is 6.07 Å². The topological polar surface area (TPSA) is 8.17 Å². The summed E-state index contributed by atoms with van der Waals surface area (Å²) in [6, 6.07) is 7.06. The summed E-state index contributed by atoms with van der Waals surface area (Å²) in [6.07, 6.45) is 5.12. The van der Waals surface area contributed by atoms with Gasteiger partial charge in [-0.05, 0) is 49.9 Å². The van der Waals surface area contributed by atoms with Crippen molar-refractivity contribution in [2.45, 2.75) is 45.2 Å². The maximum absolute atomic E-state index is 6.22. The molecule has 106 valence electrons. The molecule has 1 atom stereocenters. The van der Waals surface area contributed by atoms with Crippen molar-refractivity contribution in [1.82, 2.24) is 9.47 Å². The fourth-order valence-corrected chi connectivity index (χ4v) is 4.37. The van der Waals surface area contributed by atoms with Gasteiger partial charge in [0, 0.05) is 29.2 Å². The summed E-state index contributed by atoms with van der Waals surface area (Å²) in [5, 5.41) is 2.29. The Morgan fingerprint density at radius 2 is 2.20 bits per heavy atom. The third-order valence-corrected chi connectivity index (χ3v) is 5.19. The molecule has 0 fully saturated rings. The highest BCUT2D eigenvalue weighted by Crippen LogP contribution is 2.42. The van der Waals surface area contributed by atoms with Crippen molar-refractivity contribution in [2.24, 2.45) is 0 Å². The minimum atomic E-state index is 0.638. The molecule has 0 amide bonds. The standard InChI is InChI=1S/C17H21ClN2/c1-2-8-19-9-10-20-16-11-12(18)6-7-13(16)14-4-3-5-15(19)17(14)20/h6-7,11,15H,2-5,8-10H2,1H3. The zero-order chi connectivity index (χ0) is 13.7. The van der Waals surface area contributed by atoms with Crippen molar-refractivity contribution in [1.29, 1.82) is 0 Å². The van der Waals surface area contributed by atoms with Crippen LogP contribution in [-0.4, -0.2) is 22.6 Å². The van der Waals surface area contributed by atoms with Crippen LogP contribution >= 0.6 is 11.6 Å². The molecular weight excluding hydrogens is 268 g/mol. The van der Waals surface area contributed by atoms with Crippen LogP contribution in [0.5, 0.6) is 0 Å². The van der Waals surface area contributed by atoms with Gasteiger partial charge in [0.1, 0.15) is 0 Å². The number of benzene rings is 1. The van der Waals surface area contributed by atoms with Crippen LogP contribution < -0.4 is 0 Å². The summed E-state index contributed by atoms with van der Waals surface area (Å²) < 4.78 is 2.55. The fraction of sp³-hybridized carbons (Fsp3) is 0.529. The molecule has 4 rings (SSSR count). The number of halogens is 1. The van der Waals surface area contributed by atoms with Crippen LogP contribution in [0, 0.1) is 0 Å². The minimum absolute atomic E-state index is 0.638. The first-order valence-corrected chi connectivity index (χ1v) is 8.22. The van der Waals surface area contributed by atoms with Crippen LogP contribution in [0.1, 0.15) is 43.5 Å². The van der Waals surface area contributed by atoms with Crippen molar-refractivity contribution in [3.05, 3.63) is 34.5 Å². The van der Waals surface area contributed by atoms with Crippen LogP contribution in [0.25, 0.3) is 10.9 Å². The van der Waals surface area contributed by atoms with Crippen molar-refractivity contribution in [2.75, 3.05) is 13.1 Å². The van der Waals surface area contributed by atoms with E-state index in [0.717, 1.165) is 11.6 Å². The van der Waals surface area contributed by atoms with Crippen LogP contribution in [-0.2, 0) is 13.0 Å². The van der Waals surface area contributed by atoms with E-state index in [-0.39, 0.29) is 0 Å². The zero-order valence-electron chi connectivity index (χ0n) is 12.0. The summed E-state index contributed by atoms with van der Waals surface area (Å²) in [6.45, 7) is 5.81. The second-order valence-electron chi connectivity index (χ2n) is 6.12. The van der Waals surface area contributed by atoms with Crippen molar-refractivity contribution in [3.63, 3.8) is 0 Å². The van der Waals surface area contributed by atoms with Gasteiger partial charge < -0.3 is 4.57 Å². The van der Waals surface area contributed by atoms with E-state index in [9.17, 15) is 0 Å². The predicted octanol–water partition coefficient (Wildman–Crippen LogP) is 4.40. The molecule has 0 N–H and O–H groups in total. The van der Waals surface area contributed by atoms with Gasteiger partial charge in [-0.2, -0.15) is 0 Å². The molecule has 1 aromatic carbocycles. The van der Waals surface area contributed by atoms with Gasteiger partial charge in [-0.15, -0.1) is 0 Å². The van der Waals surface area contributed by atoms with E-state index in [1.165, 1.54) is 49.7 Å². The molecule has 3 heteroatoms. The largest absolute Gasteiger partial charge is 0.341 e. The Kier molecular flexibility index (Phi) is 3.04. The van der Waals surface area contributed by atoms with E-state index >= 15 is 0 Å². The Labute approximate surface area is 125 Å². The highest BCUT2D eigenvalue weighted by atomic mass is 35.5. The lowest BCUT2D eigenvalue weighted by molar-refractivity contribution is 0.141. The molecule has 1 unspecified atom stereocenters. The quantitative estimate of drug-likeness (QED) is 0.795. The lowest BCUT2D eigenvalue weighted by atomic mass is 9.89. The van der Waals surface area contributed by atoms with Gasteiger partial charge in [0.15, 0.2) is 0 Å². The third-order valence-electron chi connectivity index (χ3n) is 4.96. The number of rotatable bonds is 2. The highest BCUT2D eigenvalue weighted by Gasteiger charge is 2.34. The summed E-state index contributed by atoms with van der Waals surface area (Å²) >= 11 is 6.22. The lowest BCUT2D eigenvalue weighted by Crippen LogP contribution is -2.40. The fourth-order valence-electron chi connectivity index (χ4n) is 4.20. The molecule has 0 saturated carbocycles. The first kappa shape index (κ1) is 12.7. The second-order valence-corrected chi connectivity index (χ2v) is 6.56. The first-order valence-electron chi connectivity index (χ1n) is 7.84. The monoisotopic (exact) mass is 288 g/mol. The van der Waals surface area contributed by atoms with Crippen molar-refractivity contribution < 1.29 is 0 Å². The van der Waals surface area contributed by atoms with Gasteiger partial charge in [0.25, 0.3) is 0 Å². The molecule has 2 heterocycles. The van der Waals surface area contributed by atoms with Gasteiger partial charge in [-0.3, -0.25) is 4.90 Å². The molecule has 1 aliphatic heterocycles. The van der Waals surface area contributed by atoms with Crippen molar-refractivity contribution >= 4 is 22.5 Å². The van der Waals surface area contributed by atoms with Crippen molar-refractivity contribution in [3.8, 4) is 0 Å². The molecule has 2 aromatic rings. The number of aryl methyl sites for hydroxylation is 1. The number of nitrogens with zero attached hydrogens (tertiary/aromatic N) is 2. The molecule has 0 saturated heterocycles. The summed E-state index contributed by atoms with van der Waals surface area (Å²) in [5.74, 6) is 0. The van der Waals surface area contributed by atoms with E-state index in [4.69, 9.17) is 11.6 Å². The van der Waals surface area contributed by atoms with E-state index in [2.05, 4.69) is 28.5 Å². The van der Waals surface area contributed by atoms with Crippen LogP contribution in [0.3, 0.4) is 0 Å². The van der Waals surface area contributed by atoms with E-state index < -0.39 is 0 Å². The molecule has 0 radical (unpaired) electrons.